The minimum atomic E-state index is -0.523. The fourth-order valence-electron chi connectivity index (χ4n) is 1.45. The second-order valence-electron chi connectivity index (χ2n) is 3.54. The predicted octanol–water partition coefficient (Wildman–Crippen LogP) is 1.31. The maximum absolute atomic E-state index is 10.6. The summed E-state index contributed by atoms with van der Waals surface area (Å²) in [7, 11) is 0. The number of amides is 2. The third-order valence-electron chi connectivity index (χ3n) is 2.31. The van der Waals surface area contributed by atoms with Crippen LogP contribution in [-0.4, -0.2) is 16.0 Å². The summed E-state index contributed by atoms with van der Waals surface area (Å²) in [4.78, 5) is 18.5. The molecule has 0 saturated heterocycles. The van der Waals surface area contributed by atoms with Gasteiger partial charge in [-0.3, -0.25) is 0 Å². The van der Waals surface area contributed by atoms with E-state index in [1.807, 2.05) is 24.3 Å². The Balaban J connectivity index is 2.11. The van der Waals surface area contributed by atoms with Crippen molar-refractivity contribution in [2.75, 3.05) is 0 Å². The summed E-state index contributed by atoms with van der Waals surface area (Å²) in [5.74, 6) is 0. The van der Waals surface area contributed by atoms with Crippen LogP contribution in [0.1, 0.15) is 5.56 Å². The van der Waals surface area contributed by atoms with Crippen molar-refractivity contribution in [2.24, 2.45) is 5.73 Å². The fourth-order valence-corrected chi connectivity index (χ4v) is 1.45. The van der Waals surface area contributed by atoms with Crippen molar-refractivity contribution in [3.63, 3.8) is 0 Å². The molecule has 5 nitrogen and oxygen atoms in total. The van der Waals surface area contributed by atoms with Crippen LogP contribution >= 0.6 is 0 Å². The van der Waals surface area contributed by atoms with E-state index in [0.29, 0.717) is 6.54 Å². The molecule has 0 aliphatic carbocycles. The lowest BCUT2D eigenvalue weighted by Crippen LogP contribution is -2.28. The lowest BCUT2D eigenvalue weighted by molar-refractivity contribution is 0.248. The third kappa shape index (κ3) is 3.01. The number of rotatable bonds is 3. The number of nitrogens with one attached hydrogen (secondary N) is 1. The van der Waals surface area contributed by atoms with Crippen LogP contribution in [0, 0.1) is 0 Å². The summed E-state index contributed by atoms with van der Waals surface area (Å²) in [6.45, 7) is 0.431. The molecule has 0 aliphatic heterocycles. The topological polar surface area (TPSA) is 80.9 Å². The molecule has 1 aromatic heterocycles. The molecule has 0 aliphatic rings. The molecule has 5 heteroatoms. The Morgan fingerprint density at radius 3 is 2.35 bits per heavy atom. The lowest BCUT2D eigenvalue weighted by Gasteiger charge is -2.04. The SMILES string of the molecule is NC(=O)NCc1ccc(-c2cncnc2)cc1. The van der Waals surface area contributed by atoms with Gasteiger partial charge < -0.3 is 11.1 Å². The molecule has 0 saturated carbocycles. The summed E-state index contributed by atoms with van der Waals surface area (Å²) >= 11 is 0. The van der Waals surface area contributed by atoms with E-state index in [1.54, 1.807) is 12.4 Å². The highest BCUT2D eigenvalue weighted by atomic mass is 16.2. The molecular formula is C12H12N4O. The molecule has 2 rings (SSSR count). The van der Waals surface area contributed by atoms with Crippen LogP contribution in [0.5, 0.6) is 0 Å². The molecule has 86 valence electrons. The average Bonchev–Trinajstić information content (AvgIpc) is 2.38. The van der Waals surface area contributed by atoms with E-state index in [4.69, 9.17) is 5.73 Å². The molecule has 1 aromatic carbocycles. The van der Waals surface area contributed by atoms with Crippen LogP contribution in [0.4, 0.5) is 4.79 Å². The van der Waals surface area contributed by atoms with Gasteiger partial charge in [0, 0.05) is 24.5 Å². The molecule has 2 amide bonds. The predicted molar refractivity (Wildman–Crippen MR) is 63.9 cm³/mol. The van der Waals surface area contributed by atoms with Crippen molar-refractivity contribution in [3.05, 3.63) is 48.5 Å². The zero-order valence-electron chi connectivity index (χ0n) is 9.13. The number of carbonyl (C=O) groups excluding carboxylic acids is 1. The quantitative estimate of drug-likeness (QED) is 0.831. The van der Waals surface area contributed by atoms with Gasteiger partial charge in [0.15, 0.2) is 0 Å². The molecule has 3 N–H and O–H groups in total. The Labute approximate surface area is 98.7 Å². The number of carbonyl (C=O) groups is 1. The first-order valence-electron chi connectivity index (χ1n) is 5.13. The normalized spacial score (nSPS) is 9.88. The van der Waals surface area contributed by atoms with Crippen LogP contribution in [0.3, 0.4) is 0 Å². The van der Waals surface area contributed by atoms with E-state index in [2.05, 4.69) is 15.3 Å². The molecule has 0 atom stereocenters. The van der Waals surface area contributed by atoms with Crippen molar-refractivity contribution < 1.29 is 4.79 Å². The molecule has 0 unspecified atom stereocenters. The summed E-state index contributed by atoms with van der Waals surface area (Å²) in [5, 5.41) is 2.54. The largest absolute Gasteiger partial charge is 0.352 e. The summed E-state index contributed by atoms with van der Waals surface area (Å²) < 4.78 is 0. The van der Waals surface area contributed by atoms with Crippen molar-refractivity contribution in [1.29, 1.82) is 0 Å². The highest BCUT2D eigenvalue weighted by Gasteiger charge is 1.99. The number of benzene rings is 1. The lowest BCUT2D eigenvalue weighted by atomic mass is 10.1. The highest BCUT2D eigenvalue weighted by Crippen LogP contribution is 2.17. The summed E-state index contributed by atoms with van der Waals surface area (Å²) in [6, 6.07) is 7.25. The minimum Gasteiger partial charge on any atom is -0.352 e. The molecule has 1 heterocycles. The van der Waals surface area contributed by atoms with Crippen LogP contribution in [0.25, 0.3) is 11.1 Å². The van der Waals surface area contributed by atoms with E-state index in [9.17, 15) is 4.79 Å². The molecule has 0 bridgehead atoms. The first-order chi connectivity index (χ1) is 8.25. The van der Waals surface area contributed by atoms with E-state index in [1.165, 1.54) is 6.33 Å². The molecule has 17 heavy (non-hydrogen) atoms. The zero-order chi connectivity index (χ0) is 12.1. The third-order valence-corrected chi connectivity index (χ3v) is 2.31. The van der Waals surface area contributed by atoms with Crippen LogP contribution in [0.15, 0.2) is 43.0 Å². The Hall–Kier alpha value is -2.43. The average molecular weight is 228 g/mol. The van der Waals surface area contributed by atoms with Gasteiger partial charge in [-0.25, -0.2) is 14.8 Å². The van der Waals surface area contributed by atoms with E-state index in [0.717, 1.165) is 16.7 Å². The molecular weight excluding hydrogens is 216 g/mol. The molecule has 0 radical (unpaired) electrons. The Morgan fingerprint density at radius 1 is 1.12 bits per heavy atom. The minimum absolute atomic E-state index is 0.431. The van der Waals surface area contributed by atoms with E-state index < -0.39 is 6.03 Å². The number of hydrogen-bond acceptors (Lipinski definition) is 3. The van der Waals surface area contributed by atoms with Crippen molar-refractivity contribution in [3.8, 4) is 11.1 Å². The van der Waals surface area contributed by atoms with Gasteiger partial charge in [0.25, 0.3) is 0 Å². The van der Waals surface area contributed by atoms with E-state index in [-0.39, 0.29) is 0 Å². The van der Waals surface area contributed by atoms with Crippen molar-refractivity contribution in [1.82, 2.24) is 15.3 Å². The van der Waals surface area contributed by atoms with Crippen LogP contribution < -0.4 is 11.1 Å². The Morgan fingerprint density at radius 2 is 1.76 bits per heavy atom. The maximum atomic E-state index is 10.6. The van der Waals surface area contributed by atoms with Crippen molar-refractivity contribution >= 4 is 6.03 Å². The highest BCUT2D eigenvalue weighted by molar-refractivity contribution is 5.71. The Kier molecular flexibility index (Phi) is 3.30. The number of urea groups is 1. The first kappa shape index (κ1) is 11.1. The number of nitrogens with zero attached hydrogens (tertiary/aromatic N) is 2. The number of aromatic nitrogens is 2. The summed E-state index contributed by atoms with van der Waals surface area (Å²) in [6.07, 6.45) is 5.00. The van der Waals surface area contributed by atoms with Crippen LogP contribution in [0.2, 0.25) is 0 Å². The van der Waals surface area contributed by atoms with Gasteiger partial charge in [-0.2, -0.15) is 0 Å². The fraction of sp³-hybridized carbons (Fsp3) is 0.0833. The molecule has 0 spiro atoms. The maximum Gasteiger partial charge on any atom is 0.312 e. The van der Waals surface area contributed by atoms with Gasteiger partial charge in [-0.1, -0.05) is 24.3 Å². The number of nitrogens with two attached hydrogens (primary N) is 1. The molecule has 0 fully saturated rings. The standard InChI is InChI=1S/C12H12N4O/c13-12(17)16-5-9-1-3-10(4-2-9)11-6-14-8-15-7-11/h1-4,6-8H,5H2,(H3,13,16,17). The monoisotopic (exact) mass is 228 g/mol. The van der Waals surface area contributed by atoms with E-state index >= 15 is 0 Å². The van der Waals surface area contributed by atoms with Crippen LogP contribution in [-0.2, 0) is 6.54 Å². The number of hydrogen-bond donors (Lipinski definition) is 2. The van der Waals surface area contributed by atoms with Gasteiger partial charge >= 0.3 is 6.03 Å². The second-order valence-corrected chi connectivity index (χ2v) is 3.54. The number of primary amides is 1. The second kappa shape index (κ2) is 5.07. The smallest absolute Gasteiger partial charge is 0.312 e. The zero-order valence-corrected chi connectivity index (χ0v) is 9.13. The van der Waals surface area contributed by atoms with Gasteiger partial charge in [-0.05, 0) is 11.1 Å². The van der Waals surface area contributed by atoms with Gasteiger partial charge in [0.2, 0.25) is 0 Å². The molecule has 2 aromatic rings. The van der Waals surface area contributed by atoms with Crippen molar-refractivity contribution in [2.45, 2.75) is 6.54 Å². The van der Waals surface area contributed by atoms with Gasteiger partial charge in [0.1, 0.15) is 6.33 Å². The van der Waals surface area contributed by atoms with Gasteiger partial charge in [-0.15, -0.1) is 0 Å². The first-order valence-corrected chi connectivity index (χ1v) is 5.13. The summed E-state index contributed by atoms with van der Waals surface area (Å²) in [5.41, 5.74) is 7.98. The van der Waals surface area contributed by atoms with Gasteiger partial charge in [0.05, 0.1) is 0 Å². The Bertz CT molecular complexity index is 496.